The van der Waals surface area contributed by atoms with Crippen molar-refractivity contribution in [3.63, 3.8) is 0 Å². The molecule has 1 heterocycles. The minimum Gasteiger partial charge on any atom is -0.324 e. The lowest BCUT2D eigenvalue weighted by Gasteiger charge is -2.10. The van der Waals surface area contributed by atoms with Crippen molar-refractivity contribution >= 4 is 98.1 Å². The van der Waals surface area contributed by atoms with Crippen molar-refractivity contribution in [3.05, 3.63) is 89.2 Å². The van der Waals surface area contributed by atoms with Gasteiger partial charge >= 0.3 is 0 Å². The standard InChI is InChI=1S/C29H24ClN9O12S4/c1-15-11-17(3-7-21(15)36-38-23-13-19(52(40,41)42)5-9-25(23)54(46,47)48)31-28-33-27(30)34-29(35-28)32-18-4-8-22(16(2)12-18)37-39-24-14-20(53(43,44)45)6-10-26(24)55(49,50)51/h3-14H,1-2H3,(H,40,41,42)(H,43,44,45)(H,46,47,48)(H,49,50,51)(H2,31,32,33,34,35)/b38-36+,39-37+. The number of aryl methyl sites for hydroxylation is 2. The van der Waals surface area contributed by atoms with Gasteiger partial charge in [0, 0.05) is 11.4 Å². The molecule has 0 aliphatic carbocycles. The third-order valence-electron chi connectivity index (χ3n) is 7.06. The molecule has 0 radical (unpaired) electrons. The smallest absolute Gasteiger partial charge is 0.296 e. The van der Waals surface area contributed by atoms with Crippen molar-refractivity contribution in [2.45, 2.75) is 33.4 Å². The van der Waals surface area contributed by atoms with E-state index < -0.39 is 71.4 Å². The second-order valence-electron chi connectivity index (χ2n) is 11.1. The molecule has 55 heavy (non-hydrogen) atoms. The predicted molar refractivity (Wildman–Crippen MR) is 194 cm³/mol. The third kappa shape index (κ3) is 10.4. The number of anilines is 4. The van der Waals surface area contributed by atoms with Crippen LogP contribution in [0, 0.1) is 13.8 Å². The van der Waals surface area contributed by atoms with Gasteiger partial charge < -0.3 is 10.6 Å². The highest BCUT2D eigenvalue weighted by Crippen LogP contribution is 2.33. The number of halogens is 1. The number of rotatable bonds is 12. The summed E-state index contributed by atoms with van der Waals surface area (Å²) in [6.07, 6.45) is 0. The Morgan fingerprint density at radius 3 is 1.18 bits per heavy atom. The fraction of sp³-hybridized carbons (Fsp3) is 0.0690. The van der Waals surface area contributed by atoms with E-state index in [1.807, 2.05) is 0 Å². The Morgan fingerprint density at radius 2 is 0.855 bits per heavy atom. The Hall–Kier alpha value is -5.38. The normalized spacial score (nSPS) is 12.7. The molecule has 0 saturated carbocycles. The molecule has 4 aromatic carbocycles. The van der Waals surface area contributed by atoms with Crippen molar-refractivity contribution in [1.29, 1.82) is 0 Å². The summed E-state index contributed by atoms with van der Waals surface area (Å²) in [5.74, 6) is 0.00000764. The first kappa shape index (κ1) is 40.8. The van der Waals surface area contributed by atoms with Crippen LogP contribution in [-0.2, 0) is 40.5 Å². The van der Waals surface area contributed by atoms with Crippen LogP contribution in [0.15, 0.2) is 113 Å². The summed E-state index contributed by atoms with van der Waals surface area (Å²) in [7, 11) is -19.1. The molecule has 0 unspecified atom stereocenters. The van der Waals surface area contributed by atoms with Crippen LogP contribution in [0.2, 0.25) is 5.28 Å². The number of benzene rings is 4. The van der Waals surface area contributed by atoms with Crippen LogP contribution >= 0.6 is 11.6 Å². The molecule has 0 amide bonds. The molecular weight excluding hydrogens is 830 g/mol. The molecule has 1 aromatic heterocycles. The number of nitrogens with zero attached hydrogens (tertiary/aromatic N) is 7. The summed E-state index contributed by atoms with van der Waals surface area (Å²) < 4.78 is 131. The van der Waals surface area contributed by atoms with Crippen LogP contribution < -0.4 is 10.6 Å². The molecule has 6 N–H and O–H groups in total. The van der Waals surface area contributed by atoms with Crippen molar-refractivity contribution < 1.29 is 51.9 Å². The number of hydrogen-bond donors (Lipinski definition) is 6. The zero-order valence-electron chi connectivity index (χ0n) is 27.6. The third-order valence-corrected chi connectivity index (χ3v) is 10.7. The van der Waals surface area contributed by atoms with Crippen molar-refractivity contribution in [2.75, 3.05) is 10.6 Å². The van der Waals surface area contributed by atoms with Gasteiger partial charge in [-0.15, -0.1) is 10.2 Å². The van der Waals surface area contributed by atoms with E-state index in [4.69, 9.17) is 11.6 Å². The van der Waals surface area contributed by atoms with Gasteiger partial charge in [-0.05, 0) is 109 Å². The summed E-state index contributed by atoms with van der Waals surface area (Å²) in [5.41, 5.74) is 1.16. The van der Waals surface area contributed by atoms with Crippen LogP contribution in [0.4, 0.5) is 46.0 Å². The highest BCUT2D eigenvalue weighted by molar-refractivity contribution is 7.87. The second kappa shape index (κ2) is 15.4. The maximum absolute atomic E-state index is 11.8. The lowest BCUT2D eigenvalue weighted by Crippen LogP contribution is -2.04. The fourth-order valence-corrected chi connectivity index (χ4v) is 6.90. The number of azo groups is 2. The molecule has 288 valence electrons. The van der Waals surface area contributed by atoms with Crippen LogP contribution in [0.3, 0.4) is 0 Å². The maximum atomic E-state index is 11.8. The number of nitrogens with one attached hydrogen (secondary N) is 2. The van der Waals surface area contributed by atoms with Crippen molar-refractivity contribution in [1.82, 2.24) is 15.0 Å². The van der Waals surface area contributed by atoms with E-state index in [-0.39, 0.29) is 28.6 Å². The van der Waals surface area contributed by atoms with Gasteiger partial charge in [-0.1, -0.05) is 0 Å². The van der Waals surface area contributed by atoms with Gasteiger partial charge in [0.1, 0.15) is 21.2 Å². The van der Waals surface area contributed by atoms with Crippen molar-refractivity contribution in [3.8, 4) is 0 Å². The highest BCUT2D eigenvalue weighted by atomic mass is 35.5. The summed E-state index contributed by atoms with van der Waals surface area (Å²) in [5, 5.41) is 21.1. The van der Waals surface area contributed by atoms with Crippen LogP contribution in [0.1, 0.15) is 11.1 Å². The minimum atomic E-state index is -4.83. The Kier molecular flexibility index (Phi) is 11.4. The van der Waals surface area contributed by atoms with Gasteiger partial charge in [0.05, 0.1) is 21.2 Å². The van der Waals surface area contributed by atoms with Gasteiger partial charge in [-0.25, -0.2) is 0 Å². The quantitative estimate of drug-likeness (QED) is 0.0580. The molecule has 0 saturated heterocycles. The Morgan fingerprint density at radius 1 is 0.491 bits per heavy atom. The van der Waals surface area contributed by atoms with Crippen LogP contribution in [0.25, 0.3) is 0 Å². The van der Waals surface area contributed by atoms with E-state index in [0.717, 1.165) is 36.4 Å². The first-order valence-corrected chi connectivity index (χ1v) is 20.8. The van der Waals surface area contributed by atoms with Crippen LogP contribution in [0.5, 0.6) is 0 Å². The molecule has 21 nitrogen and oxygen atoms in total. The highest BCUT2D eigenvalue weighted by Gasteiger charge is 2.21. The van der Waals surface area contributed by atoms with E-state index in [1.54, 1.807) is 26.0 Å². The van der Waals surface area contributed by atoms with Gasteiger partial charge in [0.2, 0.25) is 17.2 Å². The monoisotopic (exact) mass is 853 g/mol. The number of hydrogen-bond acceptors (Lipinski definition) is 17. The maximum Gasteiger partial charge on any atom is 0.296 e. The second-order valence-corrected chi connectivity index (χ2v) is 17.0. The van der Waals surface area contributed by atoms with Gasteiger partial charge in [0.15, 0.2) is 0 Å². The average molecular weight is 854 g/mol. The zero-order chi connectivity index (χ0) is 40.5. The Bertz CT molecular complexity index is 2690. The van der Waals surface area contributed by atoms with Gasteiger partial charge in [0.25, 0.3) is 40.5 Å². The minimum absolute atomic E-state index is 0.00000382. The molecule has 26 heteroatoms. The first-order chi connectivity index (χ1) is 25.5. The molecule has 5 aromatic rings. The topological polar surface area (TPSA) is 330 Å². The summed E-state index contributed by atoms with van der Waals surface area (Å²) in [6, 6.07) is 13.7. The lowest BCUT2D eigenvalue weighted by molar-refractivity contribution is 0.478. The summed E-state index contributed by atoms with van der Waals surface area (Å²) >= 11 is 6.14. The van der Waals surface area contributed by atoms with E-state index in [0.29, 0.717) is 22.5 Å². The molecule has 0 fully saturated rings. The van der Waals surface area contributed by atoms with E-state index >= 15 is 0 Å². The summed E-state index contributed by atoms with van der Waals surface area (Å²) in [6.45, 7) is 3.25. The molecule has 5 rings (SSSR count). The first-order valence-electron chi connectivity index (χ1n) is 14.7. The average Bonchev–Trinajstić information content (AvgIpc) is 3.05. The Balaban J connectivity index is 1.34. The van der Waals surface area contributed by atoms with E-state index in [2.05, 4.69) is 46.0 Å². The number of aromatic nitrogens is 3. The SMILES string of the molecule is Cc1cc(Nc2nc(Cl)nc(Nc3ccc(/N=N/c4cc(S(=O)(=O)O)ccc4S(=O)(=O)O)c(C)c3)n2)ccc1/N=N/c1cc(S(=O)(=O)O)ccc1S(=O)(=O)O. The van der Waals surface area contributed by atoms with Gasteiger partial charge in [-0.3, -0.25) is 18.2 Å². The van der Waals surface area contributed by atoms with Crippen molar-refractivity contribution in [2.24, 2.45) is 20.5 Å². The summed E-state index contributed by atoms with van der Waals surface area (Å²) in [4.78, 5) is 9.55. The van der Waals surface area contributed by atoms with E-state index in [9.17, 15) is 51.9 Å². The van der Waals surface area contributed by atoms with E-state index in [1.165, 1.54) is 24.3 Å². The predicted octanol–water partition coefficient (Wildman–Crippen LogP) is 6.45. The lowest BCUT2D eigenvalue weighted by atomic mass is 10.2. The van der Waals surface area contributed by atoms with Crippen LogP contribution in [-0.4, -0.2) is 66.8 Å². The van der Waals surface area contributed by atoms with Gasteiger partial charge in [-0.2, -0.15) is 58.9 Å². The largest absolute Gasteiger partial charge is 0.324 e. The molecule has 0 atom stereocenters. The molecule has 0 aliphatic rings. The molecular formula is C29H24ClN9O12S4. The molecule has 0 spiro atoms. The zero-order valence-corrected chi connectivity index (χ0v) is 31.6. The Labute approximate surface area is 317 Å². The fourth-order valence-electron chi connectivity index (χ4n) is 4.53. The molecule has 0 bridgehead atoms. The molecule has 0 aliphatic heterocycles.